The maximum atomic E-state index is 14.0. The molecule has 2 aromatic heterocycles. The van der Waals surface area contributed by atoms with Gasteiger partial charge < -0.3 is 20.9 Å². The lowest BCUT2D eigenvalue weighted by molar-refractivity contribution is -0.123. The molecule has 4 N–H and O–H groups in total. The lowest BCUT2D eigenvalue weighted by Gasteiger charge is -2.27. The van der Waals surface area contributed by atoms with Crippen LogP contribution in [-0.4, -0.2) is 27.3 Å². The van der Waals surface area contributed by atoms with Gasteiger partial charge >= 0.3 is 0 Å². The van der Waals surface area contributed by atoms with Crippen molar-refractivity contribution in [2.24, 2.45) is 5.73 Å². The van der Waals surface area contributed by atoms with Gasteiger partial charge in [-0.15, -0.1) is 11.3 Å². The van der Waals surface area contributed by atoms with E-state index in [9.17, 15) is 18.8 Å². The maximum absolute atomic E-state index is 14.0. The third-order valence-corrected chi connectivity index (χ3v) is 6.64. The van der Waals surface area contributed by atoms with E-state index in [0.717, 1.165) is 10.1 Å². The number of fused-ring (bicyclic) bond motifs is 2. The molecule has 33 heavy (non-hydrogen) atoms. The quantitative estimate of drug-likeness (QED) is 0.411. The first kappa shape index (κ1) is 21.1. The Morgan fingerprint density at radius 3 is 2.85 bits per heavy atom. The van der Waals surface area contributed by atoms with Crippen LogP contribution in [0.3, 0.4) is 0 Å². The first-order valence-electron chi connectivity index (χ1n) is 9.75. The van der Waals surface area contributed by atoms with Gasteiger partial charge in [0.2, 0.25) is 11.7 Å². The molecule has 3 amide bonds. The number of primary amides is 1. The molecule has 3 heterocycles. The molecule has 0 saturated carbocycles. The standard InChI is InChI=1S/C22H15ClFN5O3S/c23-14-6-5-10(24)7-12(14)17-18-20(27-21(19(25)31)29(18)8-16(30)26-17)28-22(32)13-9-33-15-4-2-1-3-11(13)15/h1-7,9,17H,8H2,(H2,25,31)(H,26,30)(H,28,32). The van der Waals surface area contributed by atoms with E-state index in [2.05, 4.69) is 15.6 Å². The molecule has 0 saturated heterocycles. The van der Waals surface area contributed by atoms with Crippen LogP contribution in [0.2, 0.25) is 5.02 Å². The van der Waals surface area contributed by atoms with E-state index < -0.39 is 29.6 Å². The number of hydrogen-bond donors (Lipinski definition) is 3. The molecular weight excluding hydrogens is 469 g/mol. The van der Waals surface area contributed by atoms with Gasteiger partial charge in [-0.1, -0.05) is 29.8 Å². The lowest BCUT2D eigenvalue weighted by atomic mass is 10.0. The molecule has 0 spiro atoms. The van der Waals surface area contributed by atoms with Crippen LogP contribution in [0.1, 0.15) is 38.3 Å². The first-order valence-corrected chi connectivity index (χ1v) is 11.0. The second kappa shape index (κ2) is 7.98. The van der Waals surface area contributed by atoms with Gasteiger partial charge in [0.05, 0.1) is 17.3 Å². The molecule has 1 unspecified atom stereocenters. The van der Waals surface area contributed by atoms with E-state index in [1.807, 2.05) is 24.3 Å². The summed E-state index contributed by atoms with van der Waals surface area (Å²) >= 11 is 7.71. The fraction of sp³-hybridized carbons (Fsp3) is 0.0909. The summed E-state index contributed by atoms with van der Waals surface area (Å²) in [6.07, 6.45) is 0. The number of nitrogens with two attached hydrogens (primary N) is 1. The molecule has 8 nitrogen and oxygen atoms in total. The summed E-state index contributed by atoms with van der Waals surface area (Å²) in [4.78, 5) is 41.8. The Morgan fingerprint density at radius 2 is 2.06 bits per heavy atom. The summed E-state index contributed by atoms with van der Waals surface area (Å²) < 4.78 is 16.3. The van der Waals surface area contributed by atoms with Crippen molar-refractivity contribution in [3.05, 3.63) is 81.3 Å². The average molecular weight is 484 g/mol. The van der Waals surface area contributed by atoms with Gasteiger partial charge in [-0.3, -0.25) is 14.4 Å². The summed E-state index contributed by atoms with van der Waals surface area (Å²) in [6, 6.07) is 10.2. The van der Waals surface area contributed by atoms with E-state index in [-0.39, 0.29) is 34.5 Å². The van der Waals surface area contributed by atoms with Crippen molar-refractivity contribution in [3.8, 4) is 0 Å². The smallest absolute Gasteiger partial charge is 0.284 e. The summed E-state index contributed by atoms with van der Waals surface area (Å²) in [5.74, 6) is -2.53. The third-order valence-electron chi connectivity index (χ3n) is 5.33. The van der Waals surface area contributed by atoms with Gasteiger partial charge in [0, 0.05) is 26.1 Å². The number of aromatic nitrogens is 2. The van der Waals surface area contributed by atoms with Gasteiger partial charge in [-0.2, -0.15) is 0 Å². The number of anilines is 1. The van der Waals surface area contributed by atoms with Gasteiger partial charge in [-0.25, -0.2) is 9.37 Å². The average Bonchev–Trinajstić information content (AvgIpc) is 3.37. The van der Waals surface area contributed by atoms with Crippen LogP contribution in [0.15, 0.2) is 47.8 Å². The van der Waals surface area contributed by atoms with E-state index in [4.69, 9.17) is 17.3 Å². The molecular formula is C22H15ClFN5O3S. The van der Waals surface area contributed by atoms with Crippen LogP contribution in [0.4, 0.5) is 10.2 Å². The summed E-state index contributed by atoms with van der Waals surface area (Å²) in [6.45, 7) is -0.249. The van der Waals surface area contributed by atoms with E-state index in [1.165, 1.54) is 34.1 Å². The maximum Gasteiger partial charge on any atom is 0.284 e. The Morgan fingerprint density at radius 1 is 1.27 bits per heavy atom. The number of carbonyl (C=O) groups excluding carboxylic acids is 3. The molecule has 166 valence electrons. The summed E-state index contributed by atoms with van der Waals surface area (Å²) in [5.41, 5.74) is 6.43. The Bertz CT molecular complexity index is 1460. The van der Waals surface area contributed by atoms with Crippen molar-refractivity contribution < 1.29 is 18.8 Å². The van der Waals surface area contributed by atoms with Crippen molar-refractivity contribution in [3.63, 3.8) is 0 Å². The molecule has 0 radical (unpaired) electrons. The molecule has 1 aliphatic rings. The van der Waals surface area contributed by atoms with Gasteiger partial charge in [0.1, 0.15) is 12.4 Å². The molecule has 1 aliphatic heterocycles. The first-order chi connectivity index (χ1) is 15.8. The number of carbonyl (C=O) groups is 3. The number of nitrogens with zero attached hydrogens (tertiary/aromatic N) is 2. The highest BCUT2D eigenvalue weighted by Crippen LogP contribution is 2.36. The second-order valence-electron chi connectivity index (χ2n) is 7.39. The molecule has 2 aromatic carbocycles. The van der Waals surface area contributed by atoms with Crippen molar-refractivity contribution in [1.29, 1.82) is 0 Å². The highest BCUT2D eigenvalue weighted by Gasteiger charge is 2.35. The molecule has 5 rings (SSSR count). The molecule has 0 aliphatic carbocycles. The zero-order valence-electron chi connectivity index (χ0n) is 16.8. The van der Waals surface area contributed by atoms with Gasteiger partial charge in [0.25, 0.3) is 11.8 Å². The van der Waals surface area contributed by atoms with Crippen LogP contribution < -0.4 is 16.4 Å². The monoisotopic (exact) mass is 483 g/mol. The fourth-order valence-corrected chi connectivity index (χ4v) is 5.07. The predicted octanol–water partition coefficient (Wildman–Crippen LogP) is 3.46. The molecule has 0 bridgehead atoms. The highest BCUT2D eigenvalue weighted by atomic mass is 35.5. The minimum Gasteiger partial charge on any atom is -0.363 e. The summed E-state index contributed by atoms with van der Waals surface area (Å²) in [5, 5.41) is 8.14. The summed E-state index contributed by atoms with van der Waals surface area (Å²) in [7, 11) is 0. The number of rotatable bonds is 4. The van der Waals surface area contributed by atoms with Crippen molar-refractivity contribution in [2.45, 2.75) is 12.6 Å². The van der Waals surface area contributed by atoms with E-state index in [1.54, 1.807) is 5.38 Å². The van der Waals surface area contributed by atoms with Crippen molar-refractivity contribution in [1.82, 2.24) is 14.9 Å². The number of amides is 3. The minimum absolute atomic E-state index is 0.0226. The van der Waals surface area contributed by atoms with E-state index >= 15 is 0 Å². The van der Waals surface area contributed by atoms with Crippen LogP contribution in [0.25, 0.3) is 10.1 Å². The number of nitrogens with one attached hydrogen (secondary N) is 2. The number of imidazole rings is 1. The van der Waals surface area contributed by atoms with Crippen molar-refractivity contribution >= 4 is 56.6 Å². The van der Waals surface area contributed by atoms with Crippen LogP contribution in [-0.2, 0) is 11.3 Å². The second-order valence-corrected chi connectivity index (χ2v) is 8.70. The van der Waals surface area contributed by atoms with Crippen LogP contribution >= 0.6 is 22.9 Å². The third kappa shape index (κ3) is 3.62. The molecule has 0 fully saturated rings. The number of halogens is 2. The van der Waals surface area contributed by atoms with Crippen LogP contribution in [0.5, 0.6) is 0 Å². The largest absolute Gasteiger partial charge is 0.363 e. The number of thiophene rings is 1. The van der Waals surface area contributed by atoms with Crippen molar-refractivity contribution in [2.75, 3.05) is 5.32 Å². The zero-order valence-corrected chi connectivity index (χ0v) is 18.3. The Hall–Kier alpha value is -3.76. The molecule has 1 atom stereocenters. The number of benzene rings is 2. The topological polar surface area (TPSA) is 119 Å². The lowest BCUT2D eigenvalue weighted by Crippen LogP contribution is -2.40. The predicted molar refractivity (Wildman–Crippen MR) is 122 cm³/mol. The van der Waals surface area contributed by atoms with Gasteiger partial charge in [-0.05, 0) is 24.3 Å². The normalized spacial score (nSPS) is 15.2. The Balaban J connectivity index is 1.64. The SMILES string of the molecule is NC(=O)c1nc(NC(=O)c2csc3ccccc23)c2n1CC(=O)NC2c1cc(F)ccc1Cl. The van der Waals surface area contributed by atoms with E-state index in [0.29, 0.717) is 5.56 Å². The molecule has 4 aromatic rings. The van der Waals surface area contributed by atoms with Gasteiger partial charge in [0.15, 0.2) is 5.82 Å². The fourth-order valence-electron chi connectivity index (χ4n) is 3.91. The van der Waals surface area contributed by atoms with Crippen LogP contribution in [0, 0.1) is 5.82 Å². The highest BCUT2D eigenvalue weighted by molar-refractivity contribution is 7.17. The zero-order chi connectivity index (χ0) is 23.3. The minimum atomic E-state index is -0.968. The molecule has 11 heteroatoms. The Labute approximate surface area is 195 Å². The Kier molecular flexibility index (Phi) is 5.10. The number of hydrogen-bond acceptors (Lipinski definition) is 5.